The first-order valence-electron chi connectivity index (χ1n) is 6.95. The van der Waals surface area contributed by atoms with Crippen LogP contribution in [0.15, 0.2) is 24.3 Å². The molecule has 0 fully saturated rings. The molecule has 8 nitrogen and oxygen atoms in total. The van der Waals surface area contributed by atoms with E-state index < -0.39 is 29.2 Å². The first-order valence-corrected chi connectivity index (χ1v) is 7.94. The van der Waals surface area contributed by atoms with Crippen LogP contribution in [-0.2, 0) is 14.3 Å². The van der Waals surface area contributed by atoms with Crippen LogP contribution in [0.3, 0.4) is 0 Å². The van der Waals surface area contributed by atoms with Gasteiger partial charge in [0.1, 0.15) is 17.4 Å². The Balaban J connectivity index is 2.70. The number of benzene rings is 1. The summed E-state index contributed by atoms with van der Waals surface area (Å²) in [6.45, 7) is 3.00. The molecular formula is C15H17NO7S. The van der Waals surface area contributed by atoms with Gasteiger partial charge in [0.25, 0.3) is 0 Å². The Bertz CT molecular complexity index is 632. The van der Waals surface area contributed by atoms with Crippen LogP contribution in [-0.4, -0.2) is 46.7 Å². The predicted octanol–water partition coefficient (Wildman–Crippen LogP) is 1.68. The summed E-state index contributed by atoms with van der Waals surface area (Å²) in [7, 11) is 0. The van der Waals surface area contributed by atoms with Gasteiger partial charge in [-0.05, 0) is 30.8 Å². The highest BCUT2D eigenvalue weighted by atomic mass is 32.2. The molecule has 0 saturated heterocycles. The fraction of sp³-hybridized carbons (Fsp3) is 0.333. The zero-order valence-electron chi connectivity index (χ0n) is 13.1. The second kappa shape index (κ2) is 9.56. The van der Waals surface area contributed by atoms with Gasteiger partial charge in [0.05, 0.1) is 6.61 Å². The highest BCUT2D eigenvalue weighted by Crippen LogP contribution is 2.21. The Morgan fingerprint density at radius 1 is 1.25 bits per heavy atom. The Kier molecular flexibility index (Phi) is 7.76. The normalized spacial score (nSPS) is 11.2. The maximum atomic E-state index is 11.8. The molecule has 0 unspecified atom stereocenters. The van der Waals surface area contributed by atoms with Crippen molar-refractivity contribution < 1.29 is 33.8 Å². The van der Waals surface area contributed by atoms with Crippen molar-refractivity contribution in [2.24, 2.45) is 0 Å². The monoisotopic (exact) mass is 355 g/mol. The van der Waals surface area contributed by atoms with Gasteiger partial charge in [0, 0.05) is 12.7 Å². The lowest BCUT2D eigenvalue weighted by Gasteiger charge is -2.12. The molecule has 130 valence electrons. The van der Waals surface area contributed by atoms with E-state index in [1.165, 1.54) is 19.1 Å². The molecule has 1 amide bonds. The van der Waals surface area contributed by atoms with Crippen molar-refractivity contribution in [3.8, 4) is 5.75 Å². The number of esters is 1. The lowest BCUT2D eigenvalue weighted by Crippen LogP contribution is -2.41. The predicted molar refractivity (Wildman–Crippen MR) is 86.1 cm³/mol. The molecule has 2 N–H and O–H groups in total. The Hall–Kier alpha value is -2.55. The van der Waals surface area contributed by atoms with Gasteiger partial charge in [0.15, 0.2) is 0 Å². The van der Waals surface area contributed by atoms with E-state index in [4.69, 9.17) is 14.6 Å². The minimum absolute atomic E-state index is 0.0138. The molecule has 0 aromatic heterocycles. The molecule has 0 bridgehead atoms. The third-order valence-corrected chi connectivity index (χ3v) is 3.44. The van der Waals surface area contributed by atoms with Crippen LogP contribution in [0.5, 0.6) is 5.75 Å². The molecule has 0 radical (unpaired) electrons. The first kappa shape index (κ1) is 19.5. The SMILES string of the molecule is CCOC(=O)c1ccccc1OC(=O)SC[C@@H](NC(C)=O)C(=O)O. The highest BCUT2D eigenvalue weighted by Gasteiger charge is 2.22. The number of hydrogen-bond acceptors (Lipinski definition) is 7. The topological polar surface area (TPSA) is 119 Å². The highest BCUT2D eigenvalue weighted by molar-refractivity contribution is 8.13. The second-order valence-electron chi connectivity index (χ2n) is 4.47. The summed E-state index contributed by atoms with van der Waals surface area (Å²) < 4.78 is 9.93. The third-order valence-electron chi connectivity index (χ3n) is 2.62. The maximum Gasteiger partial charge on any atom is 0.372 e. The van der Waals surface area contributed by atoms with Crippen LogP contribution < -0.4 is 10.1 Å². The zero-order chi connectivity index (χ0) is 18.1. The van der Waals surface area contributed by atoms with Crippen molar-refractivity contribution in [3.05, 3.63) is 29.8 Å². The van der Waals surface area contributed by atoms with E-state index in [2.05, 4.69) is 5.32 Å². The second-order valence-corrected chi connectivity index (χ2v) is 5.43. The van der Waals surface area contributed by atoms with Crippen LogP contribution in [0.2, 0.25) is 0 Å². The standard InChI is InChI=1S/C15H17NO7S/c1-3-22-14(20)10-6-4-5-7-12(10)23-15(21)24-8-11(13(18)19)16-9(2)17/h4-7,11H,3,8H2,1-2H3,(H,16,17)(H,18,19)/t11-/m1/s1. The number of thioether (sulfide) groups is 1. The van der Waals surface area contributed by atoms with Gasteiger partial charge >= 0.3 is 17.2 Å². The average Bonchev–Trinajstić information content (AvgIpc) is 2.51. The molecule has 0 spiro atoms. The van der Waals surface area contributed by atoms with Crippen LogP contribution in [0, 0.1) is 0 Å². The molecule has 1 atom stereocenters. The Morgan fingerprint density at radius 2 is 1.92 bits per heavy atom. The van der Waals surface area contributed by atoms with Crippen molar-refractivity contribution in [3.63, 3.8) is 0 Å². The summed E-state index contributed by atoms with van der Waals surface area (Å²) in [4.78, 5) is 45.5. The number of carboxylic acid groups (broad SMARTS) is 1. The van der Waals surface area contributed by atoms with Gasteiger partial charge < -0.3 is 19.9 Å². The fourth-order valence-corrected chi connectivity index (χ4v) is 2.30. The van der Waals surface area contributed by atoms with Gasteiger partial charge in [-0.15, -0.1) is 0 Å². The molecular weight excluding hydrogens is 338 g/mol. The average molecular weight is 355 g/mol. The van der Waals surface area contributed by atoms with Crippen molar-refractivity contribution in [1.82, 2.24) is 5.32 Å². The molecule has 0 aliphatic carbocycles. The maximum absolute atomic E-state index is 11.8. The van der Waals surface area contributed by atoms with Gasteiger partial charge in [-0.1, -0.05) is 12.1 Å². The molecule has 1 aromatic carbocycles. The summed E-state index contributed by atoms with van der Waals surface area (Å²) in [5.41, 5.74) is 0.0879. The number of carbonyl (C=O) groups is 4. The van der Waals surface area contributed by atoms with E-state index in [9.17, 15) is 19.2 Å². The summed E-state index contributed by atoms with van der Waals surface area (Å²) in [6, 6.07) is 4.82. The molecule has 0 saturated carbocycles. The van der Waals surface area contributed by atoms with Gasteiger partial charge in [-0.3, -0.25) is 4.79 Å². The molecule has 1 aromatic rings. The zero-order valence-corrected chi connectivity index (χ0v) is 13.9. The molecule has 9 heteroatoms. The quantitative estimate of drug-likeness (QED) is 0.709. The van der Waals surface area contributed by atoms with E-state index in [1.807, 2.05) is 0 Å². The summed E-state index contributed by atoms with van der Waals surface area (Å²) in [6.07, 6.45) is 0. The molecule has 1 rings (SSSR count). The number of rotatable bonds is 7. The summed E-state index contributed by atoms with van der Waals surface area (Å²) in [5.74, 6) is -2.62. The van der Waals surface area contributed by atoms with Crippen LogP contribution in [0.1, 0.15) is 24.2 Å². The third kappa shape index (κ3) is 6.29. The van der Waals surface area contributed by atoms with E-state index in [1.54, 1.807) is 19.1 Å². The number of nitrogens with one attached hydrogen (secondary N) is 1. The van der Waals surface area contributed by atoms with Gasteiger partial charge in [-0.25, -0.2) is 14.4 Å². The number of carbonyl (C=O) groups excluding carboxylic acids is 3. The summed E-state index contributed by atoms with van der Waals surface area (Å²) in [5, 5.41) is 10.4. The number of para-hydroxylation sites is 1. The van der Waals surface area contributed by atoms with E-state index >= 15 is 0 Å². The largest absolute Gasteiger partial charge is 0.480 e. The lowest BCUT2D eigenvalue weighted by atomic mass is 10.2. The van der Waals surface area contributed by atoms with Crippen LogP contribution in [0.4, 0.5) is 4.79 Å². The molecule has 0 aliphatic rings. The number of hydrogen-bond donors (Lipinski definition) is 2. The van der Waals surface area contributed by atoms with E-state index in [0.717, 1.165) is 0 Å². The number of aliphatic carboxylic acids is 1. The van der Waals surface area contributed by atoms with Crippen LogP contribution in [0.25, 0.3) is 0 Å². The van der Waals surface area contributed by atoms with Crippen molar-refractivity contribution in [1.29, 1.82) is 0 Å². The van der Waals surface area contributed by atoms with Gasteiger partial charge in [0.2, 0.25) is 5.91 Å². The summed E-state index contributed by atoms with van der Waals surface area (Å²) >= 11 is 0.575. The smallest absolute Gasteiger partial charge is 0.372 e. The number of ether oxygens (including phenoxy) is 2. The van der Waals surface area contributed by atoms with Crippen molar-refractivity contribution in [2.45, 2.75) is 19.9 Å². The Morgan fingerprint density at radius 3 is 2.50 bits per heavy atom. The Labute approximate surface area is 142 Å². The lowest BCUT2D eigenvalue weighted by molar-refractivity contribution is -0.140. The molecule has 0 heterocycles. The molecule has 0 aliphatic heterocycles. The van der Waals surface area contributed by atoms with E-state index in [-0.39, 0.29) is 23.7 Å². The molecule has 24 heavy (non-hydrogen) atoms. The van der Waals surface area contributed by atoms with E-state index in [0.29, 0.717) is 11.8 Å². The first-order chi connectivity index (χ1) is 11.3. The number of carboxylic acids is 1. The minimum Gasteiger partial charge on any atom is -0.480 e. The minimum atomic E-state index is -1.27. The van der Waals surface area contributed by atoms with Crippen molar-refractivity contribution in [2.75, 3.05) is 12.4 Å². The van der Waals surface area contributed by atoms with Gasteiger partial charge in [-0.2, -0.15) is 0 Å². The number of amides is 1. The fourth-order valence-electron chi connectivity index (χ4n) is 1.62. The van der Waals surface area contributed by atoms with Crippen molar-refractivity contribution >= 4 is 34.9 Å². The van der Waals surface area contributed by atoms with Crippen LogP contribution >= 0.6 is 11.8 Å².